The molecule has 1 aromatic carbocycles. The highest BCUT2D eigenvalue weighted by atomic mass is 16.4. The summed E-state index contributed by atoms with van der Waals surface area (Å²) < 4.78 is 0. The van der Waals surface area contributed by atoms with Gasteiger partial charge in [-0.15, -0.1) is 0 Å². The van der Waals surface area contributed by atoms with Gasteiger partial charge >= 0.3 is 6.09 Å². The van der Waals surface area contributed by atoms with E-state index in [2.05, 4.69) is 0 Å². The third-order valence-electron chi connectivity index (χ3n) is 2.33. The van der Waals surface area contributed by atoms with Gasteiger partial charge in [0.25, 0.3) is 0 Å². The average molecular weight is 207 g/mol. The minimum absolute atomic E-state index is 0.0519. The van der Waals surface area contributed by atoms with E-state index in [1.54, 1.807) is 0 Å². The first-order valence-corrected chi connectivity index (χ1v) is 5.03. The summed E-state index contributed by atoms with van der Waals surface area (Å²) in [7, 11) is 0. The third-order valence-corrected chi connectivity index (χ3v) is 2.33. The lowest BCUT2D eigenvalue weighted by Gasteiger charge is -2.25. The lowest BCUT2D eigenvalue weighted by molar-refractivity contribution is 0.200. The average Bonchev–Trinajstić information content (AvgIpc) is 2.08. The number of rotatable bonds is 2. The molecule has 1 rings (SSSR count). The van der Waals surface area contributed by atoms with Crippen molar-refractivity contribution >= 4 is 11.8 Å². The molecule has 0 aliphatic rings. The van der Waals surface area contributed by atoms with Crippen LogP contribution in [0.3, 0.4) is 0 Å². The summed E-state index contributed by atoms with van der Waals surface area (Å²) in [5.74, 6) is 0. The number of hydrogen-bond donors (Lipinski definition) is 1. The first kappa shape index (κ1) is 11.6. The second-order valence-electron chi connectivity index (χ2n) is 4.04. The van der Waals surface area contributed by atoms with Crippen molar-refractivity contribution in [3.05, 3.63) is 29.3 Å². The van der Waals surface area contributed by atoms with Gasteiger partial charge in [-0.05, 0) is 39.3 Å². The van der Waals surface area contributed by atoms with Crippen molar-refractivity contribution in [3.8, 4) is 0 Å². The molecular formula is C12H17NO2. The summed E-state index contributed by atoms with van der Waals surface area (Å²) in [6, 6.07) is 5.73. The first-order valence-electron chi connectivity index (χ1n) is 5.03. The molecule has 3 nitrogen and oxygen atoms in total. The van der Waals surface area contributed by atoms with E-state index in [1.165, 1.54) is 4.90 Å². The topological polar surface area (TPSA) is 40.5 Å². The van der Waals surface area contributed by atoms with Crippen LogP contribution in [0.5, 0.6) is 0 Å². The summed E-state index contributed by atoms with van der Waals surface area (Å²) in [5, 5.41) is 9.12. The van der Waals surface area contributed by atoms with E-state index in [0.29, 0.717) is 0 Å². The zero-order valence-electron chi connectivity index (χ0n) is 9.61. The molecule has 0 saturated carbocycles. The Labute approximate surface area is 90.3 Å². The van der Waals surface area contributed by atoms with Crippen LogP contribution >= 0.6 is 0 Å². The molecule has 0 unspecified atom stereocenters. The van der Waals surface area contributed by atoms with Crippen molar-refractivity contribution in [2.45, 2.75) is 33.7 Å². The molecular weight excluding hydrogens is 190 g/mol. The van der Waals surface area contributed by atoms with Gasteiger partial charge < -0.3 is 5.11 Å². The molecule has 0 aliphatic carbocycles. The molecule has 0 atom stereocenters. The van der Waals surface area contributed by atoms with Crippen LogP contribution in [0.4, 0.5) is 10.5 Å². The van der Waals surface area contributed by atoms with Gasteiger partial charge in [0.1, 0.15) is 0 Å². The Balaban J connectivity index is 3.17. The molecule has 0 aromatic heterocycles. The minimum atomic E-state index is -0.906. The van der Waals surface area contributed by atoms with Crippen LogP contribution in [-0.2, 0) is 0 Å². The maximum Gasteiger partial charge on any atom is 0.412 e. The van der Waals surface area contributed by atoms with E-state index >= 15 is 0 Å². The van der Waals surface area contributed by atoms with Crippen LogP contribution in [0.15, 0.2) is 18.2 Å². The SMILES string of the molecule is Cc1ccc(N(C(=O)O)C(C)C)c(C)c1. The van der Waals surface area contributed by atoms with E-state index in [4.69, 9.17) is 5.11 Å². The highest BCUT2D eigenvalue weighted by Gasteiger charge is 2.19. The minimum Gasteiger partial charge on any atom is -0.465 e. The Morgan fingerprint density at radius 3 is 2.33 bits per heavy atom. The summed E-state index contributed by atoms with van der Waals surface area (Å²) in [4.78, 5) is 12.5. The molecule has 1 amide bonds. The lowest BCUT2D eigenvalue weighted by atomic mass is 10.1. The molecule has 0 bridgehead atoms. The van der Waals surface area contributed by atoms with Crippen molar-refractivity contribution < 1.29 is 9.90 Å². The van der Waals surface area contributed by atoms with Crippen molar-refractivity contribution in [1.29, 1.82) is 0 Å². The number of amides is 1. The predicted molar refractivity (Wildman–Crippen MR) is 61.6 cm³/mol. The predicted octanol–water partition coefficient (Wildman–Crippen LogP) is 3.20. The Hall–Kier alpha value is -1.51. The van der Waals surface area contributed by atoms with Gasteiger partial charge in [0.05, 0.1) is 5.69 Å². The zero-order valence-corrected chi connectivity index (χ0v) is 9.61. The smallest absolute Gasteiger partial charge is 0.412 e. The fourth-order valence-electron chi connectivity index (χ4n) is 1.68. The zero-order chi connectivity index (χ0) is 11.6. The van der Waals surface area contributed by atoms with Gasteiger partial charge in [-0.25, -0.2) is 4.79 Å². The summed E-state index contributed by atoms with van der Waals surface area (Å²) >= 11 is 0. The highest BCUT2D eigenvalue weighted by molar-refractivity contribution is 5.87. The molecule has 15 heavy (non-hydrogen) atoms. The van der Waals surface area contributed by atoms with Gasteiger partial charge in [-0.1, -0.05) is 17.7 Å². The van der Waals surface area contributed by atoms with Crippen LogP contribution in [0.25, 0.3) is 0 Å². The largest absolute Gasteiger partial charge is 0.465 e. The standard InChI is InChI=1S/C12H17NO2/c1-8(2)13(12(14)15)11-6-5-9(3)7-10(11)4/h5-8H,1-4H3,(H,14,15). The molecule has 0 spiro atoms. The Morgan fingerprint density at radius 1 is 1.33 bits per heavy atom. The Kier molecular flexibility index (Phi) is 3.35. The molecule has 0 radical (unpaired) electrons. The first-order chi connectivity index (χ1) is 6.93. The monoisotopic (exact) mass is 207 g/mol. The number of anilines is 1. The Bertz CT molecular complexity index is 372. The number of aryl methyl sites for hydroxylation is 2. The molecule has 82 valence electrons. The molecule has 0 saturated heterocycles. The van der Waals surface area contributed by atoms with Crippen molar-refractivity contribution in [3.63, 3.8) is 0 Å². The molecule has 0 fully saturated rings. The van der Waals surface area contributed by atoms with E-state index in [-0.39, 0.29) is 6.04 Å². The van der Waals surface area contributed by atoms with Gasteiger partial charge in [-0.3, -0.25) is 4.90 Å². The quantitative estimate of drug-likeness (QED) is 0.809. The van der Waals surface area contributed by atoms with E-state index in [9.17, 15) is 4.79 Å². The van der Waals surface area contributed by atoms with Crippen LogP contribution < -0.4 is 4.90 Å². The van der Waals surface area contributed by atoms with Crippen molar-refractivity contribution in [2.75, 3.05) is 4.90 Å². The maximum atomic E-state index is 11.1. The number of nitrogens with zero attached hydrogens (tertiary/aromatic N) is 1. The number of carboxylic acid groups (broad SMARTS) is 1. The van der Waals surface area contributed by atoms with E-state index in [0.717, 1.165) is 16.8 Å². The van der Waals surface area contributed by atoms with E-state index < -0.39 is 6.09 Å². The molecule has 0 aliphatic heterocycles. The fraction of sp³-hybridized carbons (Fsp3) is 0.417. The summed E-state index contributed by atoms with van der Waals surface area (Å²) in [6.07, 6.45) is -0.906. The van der Waals surface area contributed by atoms with Crippen LogP contribution in [0, 0.1) is 13.8 Å². The highest BCUT2D eigenvalue weighted by Crippen LogP contribution is 2.23. The molecule has 3 heteroatoms. The van der Waals surface area contributed by atoms with Crippen molar-refractivity contribution in [1.82, 2.24) is 0 Å². The normalized spacial score (nSPS) is 10.5. The van der Waals surface area contributed by atoms with E-state index in [1.807, 2.05) is 45.9 Å². The summed E-state index contributed by atoms with van der Waals surface area (Å²) in [6.45, 7) is 7.67. The van der Waals surface area contributed by atoms with Gasteiger partial charge in [0.2, 0.25) is 0 Å². The second-order valence-corrected chi connectivity index (χ2v) is 4.04. The van der Waals surface area contributed by atoms with Crippen LogP contribution in [0.2, 0.25) is 0 Å². The van der Waals surface area contributed by atoms with Gasteiger partial charge in [-0.2, -0.15) is 0 Å². The molecule has 1 N–H and O–H groups in total. The number of benzene rings is 1. The second kappa shape index (κ2) is 4.34. The fourth-order valence-corrected chi connectivity index (χ4v) is 1.68. The lowest BCUT2D eigenvalue weighted by Crippen LogP contribution is -2.36. The van der Waals surface area contributed by atoms with Gasteiger partial charge in [0.15, 0.2) is 0 Å². The molecule has 1 aromatic rings. The van der Waals surface area contributed by atoms with Crippen LogP contribution in [-0.4, -0.2) is 17.2 Å². The molecule has 0 heterocycles. The number of hydrogen-bond acceptors (Lipinski definition) is 1. The Morgan fingerprint density at radius 2 is 1.93 bits per heavy atom. The summed E-state index contributed by atoms with van der Waals surface area (Å²) in [5.41, 5.74) is 2.90. The van der Waals surface area contributed by atoms with Crippen LogP contribution in [0.1, 0.15) is 25.0 Å². The van der Waals surface area contributed by atoms with Crippen molar-refractivity contribution in [2.24, 2.45) is 0 Å². The maximum absolute atomic E-state index is 11.1. The number of carbonyl (C=O) groups is 1. The van der Waals surface area contributed by atoms with Gasteiger partial charge in [0, 0.05) is 6.04 Å². The third kappa shape index (κ3) is 2.49.